The molecule has 1 aliphatic rings. The highest BCUT2D eigenvalue weighted by atomic mass is 35.5. The summed E-state index contributed by atoms with van der Waals surface area (Å²) in [6, 6.07) is 13.0. The Labute approximate surface area is 165 Å². The van der Waals surface area contributed by atoms with Gasteiger partial charge in [0, 0.05) is 18.0 Å². The number of hydroxylamine groups is 2. The largest absolute Gasteiger partial charge is 0.410 e. The molecule has 1 fully saturated rings. The van der Waals surface area contributed by atoms with Crippen molar-refractivity contribution >= 4 is 23.6 Å². The van der Waals surface area contributed by atoms with Crippen molar-refractivity contribution < 1.29 is 28.7 Å². The number of amides is 2. The molecule has 0 spiro atoms. The summed E-state index contributed by atoms with van der Waals surface area (Å²) in [6.45, 7) is 0.110. The number of rotatable bonds is 6. The summed E-state index contributed by atoms with van der Waals surface area (Å²) in [5.74, 6) is -3.73. The monoisotopic (exact) mass is 408 g/mol. The van der Waals surface area contributed by atoms with Crippen LogP contribution in [0.25, 0.3) is 0 Å². The predicted octanol–water partition coefficient (Wildman–Crippen LogP) is 2.76. The average Bonchev–Trinajstić information content (AvgIpc) is 2.93. The van der Waals surface area contributed by atoms with E-state index >= 15 is 0 Å². The van der Waals surface area contributed by atoms with Crippen LogP contribution in [0.5, 0.6) is 0 Å². The van der Waals surface area contributed by atoms with Crippen LogP contribution in [-0.2, 0) is 27.5 Å². The maximum absolute atomic E-state index is 13.3. The van der Waals surface area contributed by atoms with Crippen molar-refractivity contribution in [2.24, 2.45) is 0 Å². The highest BCUT2D eigenvalue weighted by Gasteiger charge is 2.50. The Morgan fingerprint density at radius 2 is 2.00 bits per heavy atom. The summed E-state index contributed by atoms with van der Waals surface area (Å²) in [6.07, 6.45) is -1.17. The zero-order chi connectivity index (χ0) is 20.1. The van der Waals surface area contributed by atoms with E-state index in [-0.39, 0.29) is 31.1 Å². The lowest BCUT2D eigenvalue weighted by molar-refractivity contribution is -0.211. The first kappa shape index (κ1) is 20.1. The zero-order valence-electron chi connectivity index (χ0n) is 14.7. The summed E-state index contributed by atoms with van der Waals surface area (Å²) in [5, 5.41) is 13.8. The molecule has 2 N–H and O–H groups in total. The molecular weight excluding hydrogens is 391 g/mol. The molecule has 1 aliphatic heterocycles. The third-order valence-electron chi connectivity index (χ3n) is 4.07. The van der Waals surface area contributed by atoms with Crippen molar-refractivity contribution in [3.63, 3.8) is 0 Å². The highest BCUT2D eigenvalue weighted by molar-refractivity contribution is 6.30. The number of aliphatic hydroxyl groups is 1. The number of carbonyl (C=O) groups is 2. The topological polar surface area (TPSA) is 88.1 Å². The molecule has 28 heavy (non-hydrogen) atoms. The SMILES string of the molecule is O=C(NCc1cc(F)cc(Cl)c1)O[C@]1(O)CCN(OCc2ccccc2)C1=O. The van der Waals surface area contributed by atoms with Gasteiger partial charge >= 0.3 is 12.0 Å². The van der Waals surface area contributed by atoms with Crippen LogP contribution in [0.4, 0.5) is 9.18 Å². The van der Waals surface area contributed by atoms with Gasteiger partial charge in [-0.3, -0.25) is 9.63 Å². The van der Waals surface area contributed by atoms with Crippen LogP contribution >= 0.6 is 11.6 Å². The molecule has 9 heteroatoms. The van der Waals surface area contributed by atoms with Crippen LogP contribution in [0.1, 0.15) is 17.5 Å². The summed E-state index contributed by atoms with van der Waals surface area (Å²) >= 11 is 5.75. The molecule has 148 valence electrons. The Bertz CT molecular complexity index is 846. The van der Waals surface area contributed by atoms with Gasteiger partial charge in [0.25, 0.3) is 5.79 Å². The number of carbonyl (C=O) groups excluding carboxylic acids is 2. The van der Waals surface area contributed by atoms with Gasteiger partial charge in [-0.2, -0.15) is 0 Å². The van der Waals surface area contributed by atoms with E-state index in [2.05, 4.69) is 5.32 Å². The minimum absolute atomic E-state index is 0.0644. The highest BCUT2D eigenvalue weighted by Crippen LogP contribution is 2.25. The Balaban J connectivity index is 1.51. The average molecular weight is 409 g/mol. The van der Waals surface area contributed by atoms with Gasteiger partial charge in [-0.1, -0.05) is 41.9 Å². The van der Waals surface area contributed by atoms with Crippen LogP contribution in [-0.4, -0.2) is 34.5 Å². The van der Waals surface area contributed by atoms with Crippen LogP contribution in [0.3, 0.4) is 0 Å². The van der Waals surface area contributed by atoms with Crippen LogP contribution < -0.4 is 5.32 Å². The number of benzene rings is 2. The molecule has 2 aromatic rings. The number of halogens is 2. The first-order chi connectivity index (χ1) is 13.4. The van der Waals surface area contributed by atoms with E-state index in [1.165, 1.54) is 12.1 Å². The molecule has 0 radical (unpaired) electrons. The third kappa shape index (κ3) is 4.98. The fourth-order valence-corrected chi connectivity index (χ4v) is 2.92. The normalized spacial score (nSPS) is 19.0. The second-order valence-corrected chi connectivity index (χ2v) is 6.66. The smallest absolute Gasteiger partial charge is 0.407 e. The molecule has 2 amide bonds. The number of nitrogens with one attached hydrogen (secondary N) is 1. The Morgan fingerprint density at radius 3 is 2.71 bits per heavy atom. The quantitative estimate of drug-likeness (QED) is 0.717. The number of nitrogens with zero attached hydrogens (tertiary/aromatic N) is 1. The van der Waals surface area contributed by atoms with E-state index in [0.29, 0.717) is 5.56 Å². The van der Waals surface area contributed by atoms with Crippen LogP contribution in [0, 0.1) is 5.82 Å². The molecule has 1 heterocycles. The van der Waals surface area contributed by atoms with Gasteiger partial charge in [0.1, 0.15) is 12.4 Å². The second kappa shape index (κ2) is 8.55. The van der Waals surface area contributed by atoms with Crippen molar-refractivity contribution in [1.82, 2.24) is 10.4 Å². The second-order valence-electron chi connectivity index (χ2n) is 6.22. The fraction of sp³-hybridized carbons (Fsp3) is 0.263. The van der Waals surface area contributed by atoms with Gasteiger partial charge in [-0.25, -0.2) is 14.2 Å². The Kier molecular flexibility index (Phi) is 6.13. The van der Waals surface area contributed by atoms with Crippen molar-refractivity contribution in [1.29, 1.82) is 0 Å². The number of alkyl carbamates (subject to hydrolysis) is 1. The maximum Gasteiger partial charge on any atom is 0.410 e. The van der Waals surface area contributed by atoms with Crippen LogP contribution in [0.2, 0.25) is 5.02 Å². The van der Waals surface area contributed by atoms with Gasteiger partial charge in [-0.15, -0.1) is 0 Å². The molecule has 7 nitrogen and oxygen atoms in total. The minimum Gasteiger partial charge on any atom is -0.407 e. The van der Waals surface area contributed by atoms with Crippen molar-refractivity contribution in [2.45, 2.75) is 25.4 Å². The first-order valence-corrected chi connectivity index (χ1v) is 8.86. The number of hydrogen-bond donors (Lipinski definition) is 2. The third-order valence-corrected chi connectivity index (χ3v) is 4.28. The van der Waals surface area contributed by atoms with Crippen LogP contribution in [0.15, 0.2) is 48.5 Å². The summed E-state index contributed by atoms with van der Waals surface area (Å²) in [4.78, 5) is 29.7. The molecule has 0 saturated carbocycles. The maximum atomic E-state index is 13.3. The molecular formula is C19H18ClFN2O5. The molecule has 1 atom stereocenters. The standard InChI is InChI=1S/C19H18ClFN2O5/c20-15-8-14(9-16(21)10-15)11-22-18(25)28-19(26)6-7-23(17(19)24)27-12-13-4-2-1-3-5-13/h1-5,8-10,26H,6-7,11-12H2,(H,22,25)/t19-/m1/s1. The minimum atomic E-state index is -2.32. The van der Waals surface area contributed by atoms with E-state index < -0.39 is 23.6 Å². The summed E-state index contributed by atoms with van der Waals surface area (Å²) < 4.78 is 18.2. The van der Waals surface area contributed by atoms with E-state index in [9.17, 15) is 19.1 Å². The predicted molar refractivity (Wildman–Crippen MR) is 97.2 cm³/mol. The molecule has 0 aromatic heterocycles. The zero-order valence-corrected chi connectivity index (χ0v) is 15.5. The number of ether oxygens (including phenoxy) is 1. The first-order valence-electron chi connectivity index (χ1n) is 8.49. The molecule has 3 rings (SSSR count). The summed E-state index contributed by atoms with van der Waals surface area (Å²) in [5.41, 5.74) is 1.25. The van der Waals surface area contributed by atoms with Crippen molar-refractivity contribution in [2.75, 3.05) is 6.54 Å². The Hall–Kier alpha value is -2.68. The molecule has 0 bridgehead atoms. The van der Waals surface area contributed by atoms with E-state index in [0.717, 1.165) is 16.7 Å². The van der Waals surface area contributed by atoms with Gasteiger partial charge in [0.2, 0.25) is 0 Å². The lowest BCUT2D eigenvalue weighted by atomic mass is 10.2. The fourth-order valence-electron chi connectivity index (χ4n) is 2.68. The van der Waals surface area contributed by atoms with Crippen molar-refractivity contribution in [3.05, 3.63) is 70.5 Å². The molecule has 0 unspecified atom stereocenters. The summed E-state index contributed by atoms with van der Waals surface area (Å²) in [7, 11) is 0. The van der Waals surface area contributed by atoms with E-state index in [4.69, 9.17) is 21.2 Å². The number of hydrogen-bond acceptors (Lipinski definition) is 5. The van der Waals surface area contributed by atoms with E-state index in [1.54, 1.807) is 0 Å². The van der Waals surface area contributed by atoms with Gasteiger partial charge in [0.15, 0.2) is 0 Å². The van der Waals surface area contributed by atoms with Gasteiger partial charge in [0.05, 0.1) is 6.54 Å². The van der Waals surface area contributed by atoms with Gasteiger partial charge < -0.3 is 15.2 Å². The van der Waals surface area contributed by atoms with E-state index in [1.807, 2.05) is 30.3 Å². The molecule has 1 saturated heterocycles. The molecule has 0 aliphatic carbocycles. The van der Waals surface area contributed by atoms with Gasteiger partial charge in [-0.05, 0) is 29.3 Å². The van der Waals surface area contributed by atoms with Crippen molar-refractivity contribution in [3.8, 4) is 0 Å². The Morgan fingerprint density at radius 1 is 1.25 bits per heavy atom. The lowest BCUT2D eigenvalue weighted by Crippen LogP contribution is -2.45. The molecule has 2 aromatic carbocycles. The lowest BCUT2D eigenvalue weighted by Gasteiger charge is -2.22.